The van der Waals surface area contributed by atoms with Crippen LogP contribution in [0.2, 0.25) is 5.02 Å². The highest BCUT2D eigenvalue weighted by Crippen LogP contribution is 2.29. The number of fused-ring (bicyclic) bond motifs is 1. The average molecular weight is 459 g/mol. The van der Waals surface area contributed by atoms with Gasteiger partial charge in [0.05, 0.1) is 23.1 Å². The molecule has 5 rings (SSSR count). The standard InChI is InChI=1S/C24H19ClN6O2/c1-15-19(25)6-4-8-20(15)30-21-7-3-2-5-17(21)24(32)33-14-31-10-9-18-22(16-11-28-29-12-16)26-13-27-23(18)31/h2-13,30H,14H2,1H3,(H,28,29). The molecule has 0 amide bonds. The lowest BCUT2D eigenvalue weighted by Gasteiger charge is -2.14. The fourth-order valence-electron chi connectivity index (χ4n) is 3.58. The zero-order chi connectivity index (χ0) is 22.8. The first-order valence-electron chi connectivity index (χ1n) is 10.2. The number of carbonyl (C=O) groups excluding carboxylic acids is 1. The van der Waals surface area contributed by atoms with Crippen molar-refractivity contribution in [1.82, 2.24) is 24.7 Å². The summed E-state index contributed by atoms with van der Waals surface area (Å²) >= 11 is 6.23. The van der Waals surface area contributed by atoms with Gasteiger partial charge in [-0.2, -0.15) is 5.10 Å². The Labute approximate surface area is 194 Å². The first-order chi connectivity index (χ1) is 16.1. The molecular formula is C24H19ClN6O2. The van der Waals surface area contributed by atoms with Gasteiger partial charge in [-0.3, -0.25) is 9.67 Å². The average Bonchev–Trinajstić information content (AvgIpc) is 3.51. The Hall–Kier alpha value is -4.17. The maximum absolute atomic E-state index is 12.9. The van der Waals surface area contributed by atoms with Crippen molar-refractivity contribution in [3.05, 3.63) is 89.6 Å². The smallest absolute Gasteiger partial charge is 0.341 e. The van der Waals surface area contributed by atoms with Crippen molar-refractivity contribution in [2.75, 3.05) is 5.32 Å². The molecule has 0 aliphatic rings. The fraction of sp³-hybridized carbons (Fsp3) is 0.0833. The van der Waals surface area contributed by atoms with Crippen LogP contribution in [0, 0.1) is 6.92 Å². The van der Waals surface area contributed by atoms with E-state index in [2.05, 4.69) is 25.5 Å². The Kier molecular flexibility index (Phi) is 5.50. The molecule has 5 aromatic rings. The van der Waals surface area contributed by atoms with E-state index in [1.54, 1.807) is 29.1 Å². The molecule has 3 heterocycles. The molecule has 164 valence electrons. The topological polar surface area (TPSA) is 97.7 Å². The van der Waals surface area contributed by atoms with Gasteiger partial charge in [0.1, 0.15) is 12.0 Å². The number of benzene rings is 2. The number of aromatic nitrogens is 5. The van der Waals surface area contributed by atoms with E-state index in [0.717, 1.165) is 27.9 Å². The van der Waals surface area contributed by atoms with Crippen molar-refractivity contribution in [3.8, 4) is 11.3 Å². The highest BCUT2D eigenvalue weighted by atomic mass is 35.5. The van der Waals surface area contributed by atoms with E-state index in [9.17, 15) is 4.79 Å². The molecule has 0 saturated carbocycles. The van der Waals surface area contributed by atoms with Crippen molar-refractivity contribution in [2.45, 2.75) is 13.7 Å². The summed E-state index contributed by atoms with van der Waals surface area (Å²) in [5, 5.41) is 11.5. The summed E-state index contributed by atoms with van der Waals surface area (Å²) in [5.74, 6) is -0.455. The van der Waals surface area contributed by atoms with Crippen LogP contribution in [-0.4, -0.2) is 30.7 Å². The van der Waals surface area contributed by atoms with Gasteiger partial charge in [0.15, 0.2) is 6.73 Å². The number of nitrogens with one attached hydrogen (secondary N) is 2. The SMILES string of the molecule is Cc1c(Cl)cccc1Nc1ccccc1C(=O)OCn1ccc2c(-c3cn[nH]c3)ncnc21. The van der Waals surface area contributed by atoms with Crippen LogP contribution in [0.3, 0.4) is 0 Å². The highest BCUT2D eigenvalue weighted by Gasteiger charge is 2.16. The van der Waals surface area contributed by atoms with Gasteiger partial charge in [-0.05, 0) is 42.8 Å². The van der Waals surface area contributed by atoms with Crippen LogP contribution in [0.1, 0.15) is 15.9 Å². The molecule has 0 saturated heterocycles. The maximum atomic E-state index is 12.9. The number of ether oxygens (including phenoxy) is 1. The summed E-state index contributed by atoms with van der Waals surface area (Å²) < 4.78 is 7.38. The normalized spacial score (nSPS) is 11.0. The predicted molar refractivity (Wildman–Crippen MR) is 126 cm³/mol. The van der Waals surface area contributed by atoms with E-state index in [0.29, 0.717) is 21.9 Å². The Bertz CT molecular complexity index is 1440. The molecule has 0 radical (unpaired) electrons. The number of nitrogens with zero attached hydrogens (tertiary/aromatic N) is 4. The predicted octanol–water partition coefficient (Wildman–Crippen LogP) is 5.34. The van der Waals surface area contributed by atoms with E-state index in [4.69, 9.17) is 16.3 Å². The Balaban J connectivity index is 1.37. The number of hydrogen-bond donors (Lipinski definition) is 2. The molecule has 0 unspecified atom stereocenters. The summed E-state index contributed by atoms with van der Waals surface area (Å²) in [6.45, 7) is 1.93. The molecule has 0 aliphatic carbocycles. The van der Waals surface area contributed by atoms with Crippen LogP contribution in [0.15, 0.2) is 73.4 Å². The number of rotatable bonds is 6. The molecule has 2 N–H and O–H groups in total. The lowest BCUT2D eigenvalue weighted by Crippen LogP contribution is -2.11. The summed E-state index contributed by atoms with van der Waals surface area (Å²) in [7, 11) is 0. The van der Waals surface area contributed by atoms with Gasteiger partial charge in [-0.1, -0.05) is 29.8 Å². The second-order valence-electron chi connectivity index (χ2n) is 7.38. The van der Waals surface area contributed by atoms with Crippen LogP contribution < -0.4 is 5.32 Å². The zero-order valence-electron chi connectivity index (χ0n) is 17.6. The molecule has 0 bridgehead atoms. The molecule has 0 spiro atoms. The third-order valence-corrected chi connectivity index (χ3v) is 5.76. The maximum Gasteiger partial charge on any atom is 0.341 e. The third kappa shape index (κ3) is 4.04. The number of esters is 1. The van der Waals surface area contributed by atoms with Crippen molar-refractivity contribution in [1.29, 1.82) is 0 Å². The van der Waals surface area contributed by atoms with Crippen molar-refractivity contribution in [2.24, 2.45) is 0 Å². The summed E-state index contributed by atoms with van der Waals surface area (Å²) in [6, 6.07) is 14.7. The zero-order valence-corrected chi connectivity index (χ0v) is 18.4. The van der Waals surface area contributed by atoms with Crippen LogP contribution in [0.25, 0.3) is 22.3 Å². The molecule has 0 atom stereocenters. The van der Waals surface area contributed by atoms with Crippen molar-refractivity contribution < 1.29 is 9.53 Å². The number of aromatic amines is 1. The van der Waals surface area contributed by atoms with Crippen molar-refractivity contribution >= 4 is 40.0 Å². The minimum Gasteiger partial charge on any atom is -0.440 e. The Morgan fingerprint density at radius 1 is 1.12 bits per heavy atom. The van der Waals surface area contributed by atoms with Gasteiger partial charge in [0.25, 0.3) is 0 Å². The third-order valence-electron chi connectivity index (χ3n) is 5.35. The molecule has 3 aromatic heterocycles. The number of carbonyl (C=O) groups is 1. The van der Waals surface area contributed by atoms with E-state index < -0.39 is 5.97 Å². The fourth-order valence-corrected chi connectivity index (χ4v) is 3.76. The monoisotopic (exact) mass is 458 g/mol. The quantitative estimate of drug-likeness (QED) is 0.333. The lowest BCUT2D eigenvalue weighted by molar-refractivity contribution is 0.0380. The molecule has 33 heavy (non-hydrogen) atoms. The molecule has 8 nitrogen and oxygen atoms in total. The first-order valence-corrected chi connectivity index (χ1v) is 10.6. The van der Waals surface area contributed by atoms with Crippen LogP contribution >= 0.6 is 11.6 Å². The van der Waals surface area contributed by atoms with Gasteiger partial charge in [-0.25, -0.2) is 14.8 Å². The largest absolute Gasteiger partial charge is 0.440 e. The number of halogens is 1. The summed E-state index contributed by atoms with van der Waals surface area (Å²) in [5.41, 5.74) is 5.04. The van der Waals surface area contributed by atoms with Crippen LogP contribution in [0.4, 0.5) is 11.4 Å². The van der Waals surface area contributed by atoms with Crippen LogP contribution in [-0.2, 0) is 11.5 Å². The van der Waals surface area contributed by atoms with Gasteiger partial charge in [-0.15, -0.1) is 0 Å². The van der Waals surface area contributed by atoms with Gasteiger partial charge in [0.2, 0.25) is 0 Å². The second kappa shape index (κ2) is 8.76. The first kappa shape index (κ1) is 20.7. The number of para-hydroxylation sites is 1. The van der Waals surface area contributed by atoms with E-state index >= 15 is 0 Å². The lowest BCUT2D eigenvalue weighted by atomic mass is 10.1. The molecule has 0 aliphatic heterocycles. The van der Waals surface area contributed by atoms with Gasteiger partial charge < -0.3 is 10.1 Å². The molecule has 0 fully saturated rings. The van der Waals surface area contributed by atoms with Crippen LogP contribution in [0.5, 0.6) is 0 Å². The molecular weight excluding hydrogens is 440 g/mol. The number of anilines is 2. The van der Waals surface area contributed by atoms with E-state index in [1.165, 1.54) is 6.33 Å². The minimum absolute atomic E-state index is 0.00863. The van der Waals surface area contributed by atoms with E-state index in [1.807, 2.05) is 49.5 Å². The summed E-state index contributed by atoms with van der Waals surface area (Å²) in [6.07, 6.45) is 6.76. The number of hydrogen-bond acceptors (Lipinski definition) is 6. The molecule has 9 heteroatoms. The Morgan fingerprint density at radius 2 is 1.97 bits per heavy atom. The summed E-state index contributed by atoms with van der Waals surface area (Å²) in [4.78, 5) is 21.7. The van der Waals surface area contributed by atoms with Crippen molar-refractivity contribution in [3.63, 3.8) is 0 Å². The van der Waals surface area contributed by atoms with E-state index in [-0.39, 0.29) is 6.73 Å². The number of H-pyrrole nitrogens is 1. The highest BCUT2D eigenvalue weighted by molar-refractivity contribution is 6.31. The Morgan fingerprint density at radius 3 is 2.82 bits per heavy atom. The van der Waals surface area contributed by atoms with Gasteiger partial charge >= 0.3 is 5.97 Å². The second-order valence-corrected chi connectivity index (χ2v) is 7.78. The van der Waals surface area contributed by atoms with Gasteiger partial charge in [0, 0.05) is 34.1 Å². The molecule has 2 aromatic carbocycles. The minimum atomic E-state index is -0.455.